The lowest BCUT2D eigenvalue weighted by atomic mass is 10.1. The van der Waals surface area contributed by atoms with Gasteiger partial charge in [0.1, 0.15) is 5.82 Å². The van der Waals surface area contributed by atoms with Crippen molar-refractivity contribution >= 4 is 5.82 Å². The maximum absolute atomic E-state index is 13.9. The van der Waals surface area contributed by atoms with Crippen LogP contribution in [0.15, 0.2) is 49.2 Å². The van der Waals surface area contributed by atoms with Crippen LogP contribution >= 0.6 is 0 Å². The van der Waals surface area contributed by atoms with Crippen LogP contribution in [0.5, 0.6) is 0 Å². The van der Waals surface area contributed by atoms with Crippen LogP contribution in [0, 0.1) is 5.82 Å². The zero-order valence-electron chi connectivity index (χ0n) is 10.4. The van der Waals surface area contributed by atoms with Crippen LogP contribution in [0.4, 0.5) is 10.2 Å². The number of rotatable bonds is 2. The van der Waals surface area contributed by atoms with Crippen molar-refractivity contribution in [3.63, 3.8) is 0 Å². The van der Waals surface area contributed by atoms with Gasteiger partial charge in [-0.1, -0.05) is 0 Å². The summed E-state index contributed by atoms with van der Waals surface area (Å²) in [7, 11) is 0. The Morgan fingerprint density at radius 1 is 0.900 bits per heavy atom. The molecule has 3 rings (SSSR count). The normalized spacial score (nSPS) is 10.4. The van der Waals surface area contributed by atoms with Gasteiger partial charge < -0.3 is 5.73 Å². The fourth-order valence-electron chi connectivity index (χ4n) is 1.88. The average Bonchev–Trinajstić information content (AvgIpc) is 2.49. The molecule has 0 aliphatic carbocycles. The lowest BCUT2D eigenvalue weighted by molar-refractivity contribution is 0.624. The quantitative estimate of drug-likeness (QED) is 0.771. The number of anilines is 1. The standard InChI is InChI=1S/C14H10FN5/c15-11-7-18-6-3-10(11)14-13(20-12(16)8-19-14)9-1-4-17-5-2-9/h1-8H,(H2,16,20). The molecule has 98 valence electrons. The number of pyridine rings is 2. The molecular formula is C14H10FN5. The van der Waals surface area contributed by atoms with E-state index in [1.54, 1.807) is 30.6 Å². The summed E-state index contributed by atoms with van der Waals surface area (Å²) in [6.45, 7) is 0. The van der Waals surface area contributed by atoms with Gasteiger partial charge in [0, 0.05) is 29.7 Å². The Morgan fingerprint density at radius 3 is 2.40 bits per heavy atom. The summed E-state index contributed by atoms with van der Waals surface area (Å²) in [4.78, 5) is 16.2. The summed E-state index contributed by atoms with van der Waals surface area (Å²) in [5, 5.41) is 0. The van der Waals surface area contributed by atoms with E-state index >= 15 is 0 Å². The van der Waals surface area contributed by atoms with E-state index in [1.807, 2.05) is 0 Å². The smallest absolute Gasteiger partial charge is 0.150 e. The molecule has 0 aliphatic heterocycles. The molecule has 20 heavy (non-hydrogen) atoms. The van der Waals surface area contributed by atoms with Crippen LogP contribution in [0.2, 0.25) is 0 Å². The molecule has 0 aromatic carbocycles. The second kappa shape index (κ2) is 5.00. The minimum absolute atomic E-state index is 0.273. The molecule has 6 heteroatoms. The minimum Gasteiger partial charge on any atom is -0.382 e. The van der Waals surface area contributed by atoms with Crippen molar-refractivity contribution in [3.8, 4) is 22.5 Å². The highest BCUT2D eigenvalue weighted by Gasteiger charge is 2.14. The van der Waals surface area contributed by atoms with Crippen LogP contribution in [0.1, 0.15) is 0 Å². The topological polar surface area (TPSA) is 77.6 Å². The Bertz CT molecular complexity index is 746. The molecule has 2 N–H and O–H groups in total. The van der Waals surface area contributed by atoms with Crippen LogP contribution in [-0.4, -0.2) is 19.9 Å². The molecule has 0 amide bonds. The summed E-state index contributed by atoms with van der Waals surface area (Å²) in [6, 6.07) is 5.10. The highest BCUT2D eigenvalue weighted by atomic mass is 19.1. The van der Waals surface area contributed by atoms with E-state index in [9.17, 15) is 4.39 Å². The van der Waals surface area contributed by atoms with Crippen molar-refractivity contribution in [2.24, 2.45) is 0 Å². The van der Waals surface area contributed by atoms with Gasteiger partial charge >= 0.3 is 0 Å². The fraction of sp³-hybridized carbons (Fsp3) is 0. The molecule has 0 spiro atoms. The van der Waals surface area contributed by atoms with E-state index < -0.39 is 5.82 Å². The summed E-state index contributed by atoms with van der Waals surface area (Å²) in [5.74, 6) is -0.183. The SMILES string of the molecule is Nc1cnc(-c2ccncc2F)c(-c2ccncc2)n1. The zero-order chi connectivity index (χ0) is 13.9. The van der Waals surface area contributed by atoms with E-state index in [1.165, 1.54) is 12.4 Å². The largest absolute Gasteiger partial charge is 0.382 e. The lowest BCUT2D eigenvalue weighted by Crippen LogP contribution is -1.99. The van der Waals surface area contributed by atoms with Crippen LogP contribution < -0.4 is 5.73 Å². The molecule has 0 saturated heterocycles. The summed E-state index contributed by atoms with van der Waals surface area (Å²) < 4.78 is 13.9. The first-order valence-corrected chi connectivity index (χ1v) is 5.88. The number of nitrogen functional groups attached to an aromatic ring is 1. The van der Waals surface area contributed by atoms with Crippen LogP contribution in [0.3, 0.4) is 0 Å². The Kier molecular flexibility index (Phi) is 3.04. The van der Waals surface area contributed by atoms with Gasteiger partial charge in [-0.25, -0.2) is 14.4 Å². The van der Waals surface area contributed by atoms with E-state index in [-0.39, 0.29) is 5.82 Å². The molecule has 3 aromatic heterocycles. The fourth-order valence-corrected chi connectivity index (χ4v) is 1.88. The molecule has 0 saturated carbocycles. The van der Waals surface area contributed by atoms with Crippen LogP contribution in [-0.2, 0) is 0 Å². The van der Waals surface area contributed by atoms with E-state index in [0.717, 1.165) is 11.8 Å². The third-order valence-electron chi connectivity index (χ3n) is 2.77. The van der Waals surface area contributed by atoms with Gasteiger partial charge in [0.25, 0.3) is 0 Å². The molecule has 3 aromatic rings. The van der Waals surface area contributed by atoms with Crippen molar-refractivity contribution in [3.05, 3.63) is 55.0 Å². The molecule has 0 fully saturated rings. The third-order valence-corrected chi connectivity index (χ3v) is 2.77. The monoisotopic (exact) mass is 267 g/mol. The first kappa shape index (κ1) is 12.2. The number of nitrogens with two attached hydrogens (primary N) is 1. The molecule has 0 atom stereocenters. The lowest BCUT2D eigenvalue weighted by Gasteiger charge is -2.09. The Balaban J connectivity index is 2.25. The highest BCUT2D eigenvalue weighted by molar-refractivity contribution is 5.78. The van der Waals surface area contributed by atoms with Crippen molar-refractivity contribution in [1.82, 2.24) is 19.9 Å². The average molecular weight is 267 g/mol. The number of nitrogens with zero attached hydrogens (tertiary/aromatic N) is 4. The number of halogens is 1. The molecule has 0 aliphatic rings. The van der Waals surface area contributed by atoms with E-state index in [2.05, 4.69) is 19.9 Å². The van der Waals surface area contributed by atoms with Crippen LogP contribution in [0.25, 0.3) is 22.5 Å². The van der Waals surface area contributed by atoms with Gasteiger partial charge in [-0.2, -0.15) is 0 Å². The maximum Gasteiger partial charge on any atom is 0.150 e. The molecule has 0 unspecified atom stereocenters. The predicted octanol–water partition coefficient (Wildman–Crippen LogP) is 2.32. The van der Waals surface area contributed by atoms with Crippen molar-refractivity contribution in [2.75, 3.05) is 5.73 Å². The molecule has 0 radical (unpaired) electrons. The summed E-state index contributed by atoms with van der Waals surface area (Å²) in [6.07, 6.45) is 7.32. The molecule has 0 bridgehead atoms. The summed E-state index contributed by atoms with van der Waals surface area (Å²) >= 11 is 0. The van der Waals surface area contributed by atoms with Gasteiger partial charge in [0.15, 0.2) is 5.82 Å². The molecule has 5 nitrogen and oxygen atoms in total. The van der Waals surface area contributed by atoms with Gasteiger partial charge in [-0.3, -0.25) is 9.97 Å². The van der Waals surface area contributed by atoms with E-state index in [0.29, 0.717) is 17.0 Å². The highest BCUT2D eigenvalue weighted by Crippen LogP contribution is 2.30. The number of hydrogen-bond acceptors (Lipinski definition) is 5. The first-order valence-electron chi connectivity index (χ1n) is 5.88. The second-order valence-corrected chi connectivity index (χ2v) is 4.08. The Morgan fingerprint density at radius 2 is 1.65 bits per heavy atom. The van der Waals surface area contributed by atoms with Gasteiger partial charge in [-0.05, 0) is 18.2 Å². The number of hydrogen-bond donors (Lipinski definition) is 1. The van der Waals surface area contributed by atoms with Gasteiger partial charge in [-0.15, -0.1) is 0 Å². The maximum atomic E-state index is 13.9. The predicted molar refractivity (Wildman–Crippen MR) is 72.9 cm³/mol. The van der Waals surface area contributed by atoms with Crippen molar-refractivity contribution in [1.29, 1.82) is 0 Å². The first-order chi connectivity index (χ1) is 9.75. The summed E-state index contributed by atoms with van der Waals surface area (Å²) in [5.41, 5.74) is 7.72. The second-order valence-electron chi connectivity index (χ2n) is 4.08. The van der Waals surface area contributed by atoms with Gasteiger partial charge in [0.05, 0.1) is 23.8 Å². The molecule has 3 heterocycles. The Hall–Kier alpha value is -2.89. The van der Waals surface area contributed by atoms with E-state index in [4.69, 9.17) is 5.73 Å². The number of aromatic nitrogens is 4. The third kappa shape index (κ3) is 2.18. The molecular weight excluding hydrogens is 257 g/mol. The Labute approximate surface area is 114 Å². The minimum atomic E-state index is -0.457. The zero-order valence-corrected chi connectivity index (χ0v) is 10.4. The van der Waals surface area contributed by atoms with Crippen molar-refractivity contribution in [2.45, 2.75) is 0 Å². The van der Waals surface area contributed by atoms with Gasteiger partial charge in [0.2, 0.25) is 0 Å². The van der Waals surface area contributed by atoms with Crippen molar-refractivity contribution < 1.29 is 4.39 Å².